The summed E-state index contributed by atoms with van der Waals surface area (Å²) in [5, 5.41) is 3.51. The van der Waals surface area contributed by atoms with Crippen molar-refractivity contribution in [2.75, 3.05) is 7.05 Å². The molecule has 0 amide bonds. The number of hydrogen-bond donors (Lipinski definition) is 1. The van der Waals surface area contributed by atoms with Gasteiger partial charge in [0, 0.05) is 6.04 Å². The fourth-order valence-corrected chi connectivity index (χ4v) is 4.59. The van der Waals surface area contributed by atoms with E-state index in [1.165, 1.54) is 6.42 Å². The van der Waals surface area contributed by atoms with Crippen LogP contribution in [0, 0.1) is 29.1 Å². The van der Waals surface area contributed by atoms with E-state index >= 15 is 0 Å². The molecule has 2 heteroatoms. The van der Waals surface area contributed by atoms with Crippen molar-refractivity contribution in [1.29, 1.82) is 0 Å². The summed E-state index contributed by atoms with van der Waals surface area (Å²) in [5.74, 6) is 3.72. The van der Waals surface area contributed by atoms with Crippen molar-refractivity contribution in [3.05, 3.63) is 11.1 Å². The Bertz CT molecular complexity index is 382. The Morgan fingerprint density at radius 3 is 2.15 bits per heavy atom. The molecule has 20 heavy (non-hydrogen) atoms. The van der Waals surface area contributed by atoms with Gasteiger partial charge in [-0.05, 0) is 48.4 Å². The van der Waals surface area contributed by atoms with Crippen LogP contribution in [0.25, 0.3) is 0 Å². The van der Waals surface area contributed by atoms with Crippen LogP contribution in [0.5, 0.6) is 0 Å². The zero-order chi connectivity index (χ0) is 15.2. The molecule has 0 aromatic carbocycles. The van der Waals surface area contributed by atoms with Crippen LogP contribution in [0.3, 0.4) is 0 Å². The van der Waals surface area contributed by atoms with Crippen LogP contribution < -0.4 is 5.32 Å². The zero-order valence-corrected chi connectivity index (χ0v) is 14.7. The predicted molar refractivity (Wildman–Crippen MR) is 90.3 cm³/mol. The highest BCUT2D eigenvalue weighted by Gasteiger charge is 2.53. The van der Waals surface area contributed by atoms with E-state index in [9.17, 15) is 0 Å². The third kappa shape index (κ3) is 2.28. The van der Waals surface area contributed by atoms with Crippen molar-refractivity contribution in [3.63, 3.8) is 0 Å². The Kier molecular flexibility index (Phi) is 4.45. The van der Waals surface area contributed by atoms with E-state index in [0.29, 0.717) is 17.3 Å². The van der Waals surface area contributed by atoms with Gasteiger partial charge >= 0.3 is 0 Å². The van der Waals surface area contributed by atoms with Crippen LogP contribution in [0.2, 0.25) is 12.6 Å². The van der Waals surface area contributed by atoms with E-state index in [1.54, 1.807) is 11.1 Å². The summed E-state index contributed by atoms with van der Waals surface area (Å²) in [4.78, 5) is 0. The van der Waals surface area contributed by atoms with Crippen molar-refractivity contribution in [3.8, 4) is 0 Å². The first-order chi connectivity index (χ1) is 9.29. The van der Waals surface area contributed by atoms with E-state index in [0.717, 1.165) is 23.7 Å². The van der Waals surface area contributed by atoms with E-state index in [-0.39, 0.29) is 0 Å². The highest BCUT2D eigenvalue weighted by atomic mass is 14.9. The van der Waals surface area contributed by atoms with Crippen molar-refractivity contribution in [1.82, 2.24) is 5.32 Å². The van der Waals surface area contributed by atoms with Gasteiger partial charge < -0.3 is 5.32 Å². The van der Waals surface area contributed by atoms with Gasteiger partial charge in [0.15, 0.2) is 0 Å². The maximum atomic E-state index is 3.51. The molecule has 0 spiro atoms. The average molecular weight is 274 g/mol. The molecule has 0 aromatic rings. The summed E-state index contributed by atoms with van der Waals surface area (Å²) >= 11 is 0. The molecule has 0 aromatic heterocycles. The fourth-order valence-electron chi connectivity index (χ4n) is 4.59. The van der Waals surface area contributed by atoms with Gasteiger partial charge in [0.05, 0.1) is 0 Å². The number of likely N-dealkylation sites (N-methyl/N-ethyl adjacent to an activating group) is 1. The number of hydrogen-bond acceptors (Lipinski definition) is 1. The van der Waals surface area contributed by atoms with Crippen molar-refractivity contribution in [2.45, 2.75) is 66.6 Å². The lowest BCUT2D eigenvalue weighted by Crippen LogP contribution is -2.26. The second-order valence-electron chi connectivity index (χ2n) is 7.97. The van der Waals surface area contributed by atoms with Crippen LogP contribution >= 0.6 is 0 Å². The van der Waals surface area contributed by atoms with Gasteiger partial charge in [-0.25, -0.2) is 0 Å². The molecule has 0 heterocycles. The van der Waals surface area contributed by atoms with E-state index in [4.69, 9.17) is 0 Å². The molecule has 2 aliphatic rings. The molecule has 0 bridgehead atoms. The molecule has 2 aliphatic carbocycles. The average Bonchev–Trinajstić information content (AvgIpc) is 3.02. The number of nitrogens with one attached hydrogen (secondary N) is 1. The lowest BCUT2D eigenvalue weighted by molar-refractivity contribution is 0.160. The summed E-state index contributed by atoms with van der Waals surface area (Å²) in [6, 6.07) is 0.619. The van der Waals surface area contributed by atoms with Crippen LogP contribution in [0.15, 0.2) is 11.1 Å². The summed E-state index contributed by atoms with van der Waals surface area (Å²) in [7, 11) is 4.50. The van der Waals surface area contributed by atoms with Gasteiger partial charge in [-0.3, -0.25) is 0 Å². The molecule has 2 fully saturated rings. The standard InChI is InChI=1S/C18H33BN/c1-10(2)13-9-18(6,11(3)4)12(5)14(13)15-16(19-7)17(15)20-8/h10-13,16-17,20H,9H2,1-8H3/b15-14-. The number of allylic oxidation sites excluding steroid dienone is 1. The first kappa shape index (κ1) is 16.1. The van der Waals surface area contributed by atoms with Gasteiger partial charge in [0.25, 0.3) is 0 Å². The van der Waals surface area contributed by atoms with Crippen molar-refractivity contribution < 1.29 is 0 Å². The molecule has 0 saturated heterocycles. The van der Waals surface area contributed by atoms with E-state index in [1.807, 2.05) is 0 Å². The van der Waals surface area contributed by atoms with E-state index in [2.05, 4.69) is 68.0 Å². The quantitative estimate of drug-likeness (QED) is 0.592. The lowest BCUT2D eigenvalue weighted by Gasteiger charge is -2.34. The summed E-state index contributed by atoms with van der Waals surface area (Å²) in [6.45, 7) is 16.9. The fraction of sp³-hybridized carbons (Fsp3) is 0.889. The first-order valence-corrected chi connectivity index (χ1v) is 8.50. The molecule has 113 valence electrons. The summed E-state index contributed by atoms with van der Waals surface area (Å²) in [5.41, 5.74) is 4.00. The summed E-state index contributed by atoms with van der Waals surface area (Å²) in [6.07, 6.45) is 1.37. The minimum Gasteiger partial charge on any atom is -0.313 e. The molecule has 5 atom stereocenters. The Morgan fingerprint density at radius 1 is 1.20 bits per heavy atom. The highest BCUT2D eigenvalue weighted by molar-refractivity contribution is 6.40. The molecule has 1 radical (unpaired) electrons. The number of rotatable bonds is 4. The Labute approximate surface area is 127 Å². The van der Waals surface area contributed by atoms with Gasteiger partial charge in [0.1, 0.15) is 7.28 Å². The van der Waals surface area contributed by atoms with Gasteiger partial charge in [0.2, 0.25) is 0 Å². The molecule has 2 saturated carbocycles. The molecule has 1 N–H and O–H groups in total. The molecule has 2 rings (SSSR count). The highest BCUT2D eigenvalue weighted by Crippen LogP contribution is 2.61. The Balaban J connectivity index is 2.43. The summed E-state index contributed by atoms with van der Waals surface area (Å²) < 4.78 is 0. The van der Waals surface area contributed by atoms with Crippen LogP contribution in [-0.2, 0) is 0 Å². The molecule has 0 aliphatic heterocycles. The molecule has 1 nitrogen and oxygen atoms in total. The minimum atomic E-state index is 0.469. The topological polar surface area (TPSA) is 12.0 Å². The molecular weight excluding hydrogens is 241 g/mol. The normalized spacial score (nSPS) is 44.5. The Morgan fingerprint density at radius 2 is 1.80 bits per heavy atom. The van der Waals surface area contributed by atoms with E-state index < -0.39 is 0 Å². The van der Waals surface area contributed by atoms with Gasteiger partial charge in [-0.1, -0.05) is 59.5 Å². The smallest absolute Gasteiger partial charge is 0.118 e. The van der Waals surface area contributed by atoms with Crippen LogP contribution in [0.1, 0.15) is 48.0 Å². The molecule has 5 unspecified atom stereocenters. The maximum Gasteiger partial charge on any atom is 0.118 e. The van der Waals surface area contributed by atoms with Crippen LogP contribution in [-0.4, -0.2) is 20.4 Å². The Hall–Kier alpha value is -0.235. The minimum absolute atomic E-state index is 0.469. The van der Waals surface area contributed by atoms with Crippen molar-refractivity contribution >= 4 is 7.28 Å². The van der Waals surface area contributed by atoms with Gasteiger partial charge in [-0.15, -0.1) is 0 Å². The lowest BCUT2D eigenvalue weighted by atomic mass is 9.70. The second-order valence-corrected chi connectivity index (χ2v) is 7.97. The monoisotopic (exact) mass is 274 g/mol. The SMILES string of the molecule is C[B]C1/C(=C2/C(C(C)C)CC(C)(C(C)C)C2C)C1NC. The third-order valence-electron chi connectivity index (χ3n) is 6.59. The van der Waals surface area contributed by atoms with Crippen LogP contribution in [0.4, 0.5) is 0 Å². The third-order valence-corrected chi connectivity index (χ3v) is 6.59. The largest absolute Gasteiger partial charge is 0.313 e. The first-order valence-electron chi connectivity index (χ1n) is 8.50. The van der Waals surface area contributed by atoms with Gasteiger partial charge in [-0.2, -0.15) is 0 Å². The van der Waals surface area contributed by atoms with Crippen molar-refractivity contribution in [2.24, 2.45) is 29.1 Å². The maximum absolute atomic E-state index is 3.51. The predicted octanol–water partition coefficient (Wildman–Crippen LogP) is 4.40. The second kappa shape index (κ2) is 5.52. The molecular formula is C18H33BN. The zero-order valence-electron chi connectivity index (χ0n) is 14.7.